The van der Waals surface area contributed by atoms with Crippen LogP contribution in [0.5, 0.6) is 0 Å². The highest BCUT2D eigenvalue weighted by atomic mass is 30.3. The average molecular weight is 699 g/mol. The molecule has 0 spiro atoms. The van der Waals surface area contributed by atoms with Crippen LogP contribution in [0.1, 0.15) is 166 Å². The number of hydrogen-bond donors (Lipinski definition) is 0. The van der Waals surface area contributed by atoms with Crippen LogP contribution in [0, 0.1) is 0 Å². The van der Waals surface area contributed by atoms with Crippen molar-refractivity contribution < 1.29 is 0 Å². The Morgan fingerprint density at radius 1 is 0.381 bits per heavy atom. The van der Waals surface area contributed by atoms with Gasteiger partial charge in [0, 0.05) is 7.59 Å². The zero-order chi connectivity index (χ0) is 34.7. The first-order chi connectivity index (χ1) is 17.6. The van der Waals surface area contributed by atoms with Gasteiger partial charge in [-0.05, 0) is 25.3 Å². The van der Waals surface area contributed by atoms with Crippen LogP contribution < -0.4 is 0 Å². The lowest BCUT2D eigenvalue weighted by Gasteiger charge is -2.87. The van der Waals surface area contributed by atoms with Crippen LogP contribution in [0.2, 0.25) is 59.9 Å². The molecule has 0 unspecified atom stereocenters. The lowest BCUT2D eigenvalue weighted by Crippen LogP contribution is -3.00. The number of hydrogen-bond acceptors (Lipinski definition) is 0. The van der Waals surface area contributed by atoms with Gasteiger partial charge in [0.05, 0.1) is 0 Å². The van der Waals surface area contributed by atoms with E-state index in [1.54, 1.807) is 0 Å². The van der Waals surface area contributed by atoms with Crippen molar-refractivity contribution in [1.29, 1.82) is 0 Å². The summed E-state index contributed by atoms with van der Waals surface area (Å²) in [5, 5.41) is 3.43. The minimum atomic E-state index is -1.84. The highest BCUT2D eigenvalue weighted by Crippen LogP contribution is 2.69. The average Bonchev–Trinajstić information content (AvgIpc) is 2.58. The van der Waals surface area contributed by atoms with Crippen LogP contribution in [0.25, 0.3) is 0 Å². The normalized spacial score (nSPS) is 19.4. The predicted octanol–water partition coefficient (Wildman–Crippen LogP) is 13.1. The van der Waals surface area contributed by atoms with Crippen molar-refractivity contribution >= 4 is 51.1 Å². The second kappa shape index (κ2) is 10.8. The second-order valence-electron chi connectivity index (χ2n) is 23.2. The quantitative estimate of drug-likeness (QED) is 0.258. The highest BCUT2D eigenvalue weighted by molar-refractivity contribution is 8.14. The van der Waals surface area contributed by atoms with Gasteiger partial charge in [-0.15, -0.1) is 0 Å². The molecule has 1 aliphatic heterocycles. The second-order valence-corrected chi connectivity index (χ2v) is 87.8. The highest BCUT2D eigenvalue weighted by Gasteiger charge is 2.72. The molecule has 0 bridgehead atoms. The third-order valence-electron chi connectivity index (χ3n) is 14.0. The number of rotatable bonds is 3. The van der Waals surface area contributed by atoms with Crippen LogP contribution in [0.15, 0.2) is 0 Å². The van der Waals surface area contributed by atoms with E-state index in [0.29, 0.717) is 40.3 Å². The lowest BCUT2D eigenvalue weighted by molar-refractivity contribution is 0.626. The van der Waals surface area contributed by atoms with Crippen LogP contribution in [-0.2, 0) is 0 Å². The van der Waals surface area contributed by atoms with Crippen molar-refractivity contribution in [3.8, 4) is 0 Å². The van der Waals surface area contributed by atoms with Crippen LogP contribution in [0.4, 0.5) is 0 Å². The third-order valence-corrected chi connectivity index (χ3v) is 171. The zero-order valence-electron chi connectivity index (χ0n) is 34.5. The molecule has 7 heteroatoms. The fraction of sp³-hybridized carbons (Fsp3) is 1.00. The van der Waals surface area contributed by atoms with Crippen molar-refractivity contribution in [2.75, 3.05) is 0 Å². The molecule has 1 aliphatic rings. The molecule has 250 valence electrons. The molecular formula is C35H81Si7-. The van der Waals surface area contributed by atoms with Gasteiger partial charge < -0.3 is 0 Å². The van der Waals surface area contributed by atoms with Gasteiger partial charge in [-0.3, -0.25) is 0 Å². The van der Waals surface area contributed by atoms with Gasteiger partial charge in [0.25, 0.3) is 0 Å². The molecule has 0 aliphatic carbocycles. The van der Waals surface area contributed by atoms with Gasteiger partial charge in [-0.25, -0.2) is 0 Å². The molecule has 0 aromatic heterocycles. The van der Waals surface area contributed by atoms with E-state index in [2.05, 4.69) is 186 Å². The first-order valence-corrected chi connectivity index (χ1v) is 38.2. The van der Waals surface area contributed by atoms with Gasteiger partial charge >= 0.3 is 0 Å². The summed E-state index contributed by atoms with van der Waals surface area (Å²) < 4.78 is 0. The topological polar surface area (TPSA) is 0 Å². The van der Waals surface area contributed by atoms with E-state index in [0.717, 1.165) is 0 Å². The largest absolute Gasteiger partial charge is 0.191 e. The van der Waals surface area contributed by atoms with E-state index in [1.807, 2.05) is 0 Å². The summed E-state index contributed by atoms with van der Waals surface area (Å²) in [5.41, 5.74) is 0. The molecule has 0 radical (unpaired) electrons. The summed E-state index contributed by atoms with van der Waals surface area (Å²) >= 11 is 0. The van der Waals surface area contributed by atoms with Gasteiger partial charge in [0.1, 0.15) is 0 Å². The fourth-order valence-corrected chi connectivity index (χ4v) is 316. The lowest BCUT2D eigenvalue weighted by atomic mass is 10.2. The summed E-state index contributed by atoms with van der Waals surface area (Å²) in [7, 11) is -7.82. The predicted molar refractivity (Wildman–Crippen MR) is 216 cm³/mol. The van der Waals surface area contributed by atoms with Crippen LogP contribution >= 0.6 is 0 Å². The van der Waals surface area contributed by atoms with E-state index in [1.165, 1.54) is 0 Å². The molecule has 0 aromatic carbocycles. The Balaban J connectivity index is 5.25. The van der Waals surface area contributed by atoms with Gasteiger partial charge in [-0.1, -0.05) is 223 Å². The van der Waals surface area contributed by atoms with E-state index in [9.17, 15) is 0 Å². The molecule has 0 aromatic rings. The maximum Gasteiger partial charge on any atom is 0.0331 e. The van der Waals surface area contributed by atoms with Gasteiger partial charge in [0.2, 0.25) is 0 Å². The molecule has 0 amide bonds. The smallest absolute Gasteiger partial charge is 0.0331 e. The molecule has 1 rings (SSSR count). The van der Waals surface area contributed by atoms with Crippen LogP contribution in [-0.4, -0.2) is 51.1 Å². The van der Waals surface area contributed by atoms with Gasteiger partial charge in [-0.2, -0.15) is 21.2 Å². The summed E-state index contributed by atoms with van der Waals surface area (Å²) in [5.74, 6) is 0. The van der Waals surface area contributed by atoms with Crippen molar-refractivity contribution in [2.45, 2.75) is 226 Å². The first kappa shape index (κ1) is 41.5. The SMILES string of the molecule is CC(C)(C)[Si](C)([Si]1=[Si]([Si](C)(C(C)(C)C)C(C)(C)C)[Si](C(C)(C)C)(C(C)(C)C)[Si-]1[Si](C)(C(C)(C)C)C(C)(C)C)C(C)(C)C. The van der Waals surface area contributed by atoms with E-state index in [4.69, 9.17) is 0 Å². The Kier molecular flexibility index (Phi) is 10.6. The first-order valence-electron chi connectivity index (χ1n) is 17.2. The van der Waals surface area contributed by atoms with Crippen molar-refractivity contribution in [3.63, 3.8) is 0 Å². The standard InChI is InChI=1S/C35H81Si7/c1-28(2,3)39(25,29(4,5)6)36-37(40(26,30(7,8)9)31(10,11)12)42(34(19,20)21,35(22,23)24)38(36)41(27,32(13,14)15)33(16,17)18/h1-27H3/q-1. The molecular weight excluding hydrogens is 617 g/mol. The Bertz CT molecular complexity index is 985. The molecule has 42 heavy (non-hydrogen) atoms. The Morgan fingerprint density at radius 2 is 0.619 bits per heavy atom. The fourth-order valence-electron chi connectivity index (χ4n) is 10.6. The Morgan fingerprint density at radius 3 is 0.786 bits per heavy atom. The van der Waals surface area contributed by atoms with E-state index < -0.39 is 51.1 Å². The third kappa shape index (κ3) is 5.48. The summed E-state index contributed by atoms with van der Waals surface area (Å²) in [6.45, 7) is 73.9. The maximum absolute atomic E-state index is 3.03. The van der Waals surface area contributed by atoms with Gasteiger partial charge in [0.15, 0.2) is 0 Å². The van der Waals surface area contributed by atoms with E-state index in [-0.39, 0.29) is 0 Å². The van der Waals surface area contributed by atoms with E-state index >= 15 is 0 Å². The summed E-state index contributed by atoms with van der Waals surface area (Å²) in [6, 6.07) is 0. The Hall–Kier alpha value is 1.52. The molecule has 0 saturated carbocycles. The zero-order valence-corrected chi connectivity index (χ0v) is 41.5. The molecule has 0 nitrogen and oxygen atoms in total. The molecule has 0 N–H and O–H groups in total. The molecule has 0 saturated heterocycles. The summed E-state index contributed by atoms with van der Waals surface area (Å²) in [6.07, 6.45) is 0. The minimum Gasteiger partial charge on any atom is -0.191 e. The monoisotopic (exact) mass is 697 g/mol. The minimum absolute atomic E-state index is 0.421. The molecule has 1 heterocycles. The summed E-state index contributed by atoms with van der Waals surface area (Å²) in [4.78, 5) is 0. The van der Waals surface area contributed by atoms with Crippen molar-refractivity contribution in [2.24, 2.45) is 0 Å². The van der Waals surface area contributed by atoms with Crippen molar-refractivity contribution in [1.82, 2.24) is 0 Å². The molecule has 0 atom stereocenters. The van der Waals surface area contributed by atoms with Crippen LogP contribution in [0.3, 0.4) is 0 Å². The molecule has 0 fully saturated rings. The maximum atomic E-state index is 3.03. The van der Waals surface area contributed by atoms with Crippen molar-refractivity contribution in [3.05, 3.63) is 0 Å². The Labute approximate surface area is 275 Å².